The van der Waals surface area contributed by atoms with E-state index >= 15 is 0 Å². The number of nitrogens with one attached hydrogen (secondary N) is 1. The average molecular weight is 327 g/mol. The molecule has 6 nitrogen and oxygen atoms in total. The van der Waals surface area contributed by atoms with Crippen molar-refractivity contribution in [3.63, 3.8) is 0 Å². The van der Waals surface area contributed by atoms with Crippen molar-refractivity contribution >= 4 is 21.7 Å². The molecule has 0 heterocycles. The third kappa shape index (κ3) is 6.36. The van der Waals surface area contributed by atoms with E-state index in [0.29, 0.717) is 0 Å². The van der Waals surface area contributed by atoms with Crippen LogP contribution in [-0.4, -0.2) is 49.4 Å². The molecule has 1 atom stereocenters. The van der Waals surface area contributed by atoms with Gasteiger partial charge in [-0.25, -0.2) is 22.0 Å². The Morgan fingerprint density at radius 2 is 1.86 bits per heavy atom. The molecule has 1 rings (SSSR count). The summed E-state index contributed by atoms with van der Waals surface area (Å²) in [5.41, 5.74) is 0. The first-order valence-corrected chi connectivity index (χ1v) is 8.65. The zero-order valence-electron chi connectivity index (χ0n) is 11.6. The van der Waals surface area contributed by atoms with Crippen molar-refractivity contribution in [1.82, 2.24) is 5.32 Å². The Kier molecular flexibility index (Phi) is 5.66. The molecule has 1 aliphatic carbocycles. The first-order valence-electron chi connectivity index (χ1n) is 6.59. The molecular weight excluding hydrogens is 308 g/mol. The Morgan fingerprint density at radius 3 is 2.29 bits per heavy atom. The first-order chi connectivity index (χ1) is 9.50. The van der Waals surface area contributed by atoms with Gasteiger partial charge in [-0.1, -0.05) is 0 Å². The minimum atomic E-state index is -3.34. The summed E-state index contributed by atoms with van der Waals surface area (Å²) in [6.45, 7) is 0. The molecule has 1 saturated carbocycles. The van der Waals surface area contributed by atoms with Crippen LogP contribution in [0.5, 0.6) is 0 Å². The maximum atomic E-state index is 13.0. The van der Waals surface area contributed by atoms with Crippen LogP contribution < -0.4 is 5.32 Å². The fourth-order valence-corrected chi connectivity index (χ4v) is 2.85. The standard InChI is InChI=1S/C12H19F2NO5S/c1-21(19,20)7-4-9(11(17)18)15-10(16)8-2-5-12(13,14)6-3-8/h8-9H,2-7H2,1H3,(H,15,16)(H,17,18). The molecule has 1 amide bonds. The maximum absolute atomic E-state index is 13.0. The van der Waals surface area contributed by atoms with Gasteiger partial charge >= 0.3 is 5.97 Å². The van der Waals surface area contributed by atoms with Gasteiger partial charge in [0.1, 0.15) is 15.9 Å². The van der Waals surface area contributed by atoms with E-state index in [1.165, 1.54) is 0 Å². The summed E-state index contributed by atoms with van der Waals surface area (Å²) in [6.07, 6.45) is -0.0768. The third-order valence-electron chi connectivity index (χ3n) is 3.48. The van der Waals surface area contributed by atoms with Gasteiger partial charge in [0, 0.05) is 25.0 Å². The van der Waals surface area contributed by atoms with Crippen LogP contribution in [-0.2, 0) is 19.4 Å². The predicted molar refractivity (Wildman–Crippen MR) is 70.8 cm³/mol. The molecule has 0 aromatic rings. The molecule has 0 spiro atoms. The van der Waals surface area contributed by atoms with Crippen molar-refractivity contribution in [1.29, 1.82) is 0 Å². The van der Waals surface area contributed by atoms with Crippen molar-refractivity contribution < 1.29 is 31.9 Å². The summed E-state index contributed by atoms with van der Waals surface area (Å²) >= 11 is 0. The van der Waals surface area contributed by atoms with Crippen LogP contribution in [0.4, 0.5) is 8.78 Å². The van der Waals surface area contributed by atoms with Crippen LogP contribution in [0.15, 0.2) is 0 Å². The van der Waals surface area contributed by atoms with E-state index < -0.39 is 52.4 Å². The van der Waals surface area contributed by atoms with Gasteiger partial charge in [0.15, 0.2) is 0 Å². The van der Waals surface area contributed by atoms with Crippen LogP contribution in [0.1, 0.15) is 32.1 Å². The monoisotopic (exact) mass is 327 g/mol. The molecule has 1 aliphatic rings. The Bertz CT molecular complexity index is 496. The molecule has 0 aromatic heterocycles. The minimum absolute atomic E-state index is 0.00273. The number of rotatable bonds is 6. The van der Waals surface area contributed by atoms with E-state index in [2.05, 4.69) is 5.32 Å². The van der Waals surface area contributed by atoms with Crippen LogP contribution in [0.3, 0.4) is 0 Å². The highest BCUT2D eigenvalue weighted by Gasteiger charge is 2.38. The summed E-state index contributed by atoms with van der Waals surface area (Å²) in [5, 5.41) is 11.2. The largest absolute Gasteiger partial charge is 0.480 e. The molecule has 21 heavy (non-hydrogen) atoms. The van der Waals surface area contributed by atoms with Gasteiger partial charge in [0.05, 0.1) is 5.75 Å². The third-order valence-corrected chi connectivity index (χ3v) is 4.46. The molecule has 0 bridgehead atoms. The van der Waals surface area contributed by atoms with Crippen molar-refractivity contribution in [2.24, 2.45) is 5.92 Å². The minimum Gasteiger partial charge on any atom is -0.480 e. The van der Waals surface area contributed by atoms with Crippen molar-refractivity contribution in [2.75, 3.05) is 12.0 Å². The summed E-state index contributed by atoms with van der Waals surface area (Å²) in [5.74, 6) is -5.73. The second-order valence-electron chi connectivity index (χ2n) is 5.45. The lowest BCUT2D eigenvalue weighted by Crippen LogP contribution is -2.45. The van der Waals surface area contributed by atoms with Crippen LogP contribution >= 0.6 is 0 Å². The van der Waals surface area contributed by atoms with E-state index in [1.54, 1.807) is 0 Å². The number of amides is 1. The fourth-order valence-electron chi connectivity index (χ4n) is 2.18. The number of carbonyl (C=O) groups excluding carboxylic acids is 1. The number of hydrogen-bond donors (Lipinski definition) is 2. The van der Waals surface area contributed by atoms with Gasteiger partial charge in [0.25, 0.3) is 0 Å². The second kappa shape index (κ2) is 6.67. The SMILES string of the molecule is CS(=O)(=O)CCC(NC(=O)C1CCC(F)(F)CC1)C(=O)O. The number of carboxylic acids is 1. The number of alkyl halides is 2. The van der Waals surface area contributed by atoms with E-state index in [4.69, 9.17) is 5.11 Å². The molecule has 1 fully saturated rings. The van der Waals surface area contributed by atoms with Gasteiger partial charge in [-0.2, -0.15) is 0 Å². The summed E-state index contributed by atoms with van der Waals surface area (Å²) < 4.78 is 48.0. The summed E-state index contributed by atoms with van der Waals surface area (Å²) in [6, 6.07) is -1.32. The van der Waals surface area contributed by atoms with Gasteiger partial charge in [-0.05, 0) is 19.3 Å². The predicted octanol–water partition coefficient (Wildman–Crippen LogP) is 0.816. The number of hydrogen-bond acceptors (Lipinski definition) is 4. The van der Waals surface area contributed by atoms with Crippen LogP contribution in [0.2, 0.25) is 0 Å². The lowest BCUT2D eigenvalue weighted by Gasteiger charge is -2.28. The smallest absolute Gasteiger partial charge is 0.326 e. The highest BCUT2D eigenvalue weighted by molar-refractivity contribution is 7.90. The lowest BCUT2D eigenvalue weighted by molar-refractivity contribution is -0.143. The number of carbonyl (C=O) groups is 2. The molecule has 0 saturated heterocycles. The zero-order chi connectivity index (χ0) is 16.3. The molecule has 1 unspecified atom stereocenters. The molecule has 2 N–H and O–H groups in total. The topological polar surface area (TPSA) is 101 Å². The van der Waals surface area contributed by atoms with Crippen molar-refractivity contribution in [3.8, 4) is 0 Å². The number of aliphatic carboxylic acids is 1. The molecule has 9 heteroatoms. The normalized spacial score (nSPS) is 20.7. The number of carboxylic acid groups (broad SMARTS) is 1. The quantitative estimate of drug-likeness (QED) is 0.752. The Labute approximate surface area is 121 Å². The number of sulfone groups is 1. The molecular formula is C12H19F2NO5S. The molecule has 0 radical (unpaired) electrons. The van der Waals surface area contributed by atoms with Gasteiger partial charge in [-0.3, -0.25) is 4.79 Å². The van der Waals surface area contributed by atoms with E-state index in [9.17, 15) is 26.8 Å². The molecule has 122 valence electrons. The van der Waals surface area contributed by atoms with E-state index in [-0.39, 0.29) is 25.0 Å². The van der Waals surface area contributed by atoms with Crippen LogP contribution in [0.25, 0.3) is 0 Å². The summed E-state index contributed by atoms with van der Waals surface area (Å²) in [4.78, 5) is 22.9. The number of halogens is 2. The van der Waals surface area contributed by atoms with Gasteiger partial charge in [0.2, 0.25) is 11.8 Å². The molecule has 0 aliphatic heterocycles. The fraction of sp³-hybridized carbons (Fsp3) is 0.833. The Balaban J connectivity index is 2.55. The zero-order valence-corrected chi connectivity index (χ0v) is 12.5. The van der Waals surface area contributed by atoms with Crippen molar-refractivity contribution in [3.05, 3.63) is 0 Å². The van der Waals surface area contributed by atoms with Crippen LogP contribution in [0, 0.1) is 5.92 Å². The lowest BCUT2D eigenvalue weighted by atomic mass is 9.86. The summed E-state index contributed by atoms with van der Waals surface area (Å²) in [7, 11) is -3.34. The van der Waals surface area contributed by atoms with Gasteiger partial charge in [-0.15, -0.1) is 0 Å². The van der Waals surface area contributed by atoms with E-state index in [1.807, 2.05) is 0 Å². The maximum Gasteiger partial charge on any atom is 0.326 e. The highest BCUT2D eigenvalue weighted by atomic mass is 32.2. The Morgan fingerprint density at radius 1 is 1.33 bits per heavy atom. The highest BCUT2D eigenvalue weighted by Crippen LogP contribution is 2.36. The average Bonchev–Trinajstić information content (AvgIpc) is 2.32. The van der Waals surface area contributed by atoms with E-state index in [0.717, 1.165) is 6.26 Å². The molecule has 0 aromatic carbocycles. The van der Waals surface area contributed by atoms with Crippen molar-refractivity contribution in [2.45, 2.75) is 44.1 Å². The Hall–Kier alpha value is -1.25. The van der Waals surface area contributed by atoms with Gasteiger partial charge < -0.3 is 10.4 Å². The first kappa shape index (κ1) is 17.8. The second-order valence-corrected chi connectivity index (χ2v) is 7.71.